The Morgan fingerprint density at radius 2 is 2.16 bits per heavy atom. The summed E-state index contributed by atoms with van der Waals surface area (Å²) in [5.41, 5.74) is 0. The minimum absolute atomic E-state index is 0.0726. The summed E-state index contributed by atoms with van der Waals surface area (Å²) in [7, 11) is 0. The number of aromatic nitrogens is 2. The summed E-state index contributed by atoms with van der Waals surface area (Å²) in [5, 5.41) is 10.4. The molecule has 5 heteroatoms. The molecule has 0 fully saturated rings. The summed E-state index contributed by atoms with van der Waals surface area (Å²) < 4.78 is 1.86. The predicted octanol–water partition coefficient (Wildman–Crippen LogP) is 1.56. The van der Waals surface area contributed by atoms with Crippen molar-refractivity contribution in [3.8, 4) is 0 Å². The van der Waals surface area contributed by atoms with Crippen LogP contribution in [0.1, 0.15) is 40.0 Å². The highest BCUT2D eigenvalue weighted by Crippen LogP contribution is 1.95. The Morgan fingerprint density at radius 1 is 1.37 bits per heavy atom. The number of nitrogens with one attached hydrogen (secondary N) is 2. The van der Waals surface area contributed by atoms with Gasteiger partial charge in [0.15, 0.2) is 0 Å². The van der Waals surface area contributed by atoms with Crippen molar-refractivity contribution in [1.82, 2.24) is 20.4 Å². The van der Waals surface area contributed by atoms with E-state index >= 15 is 0 Å². The highest BCUT2D eigenvalue weighted by molar-refractivity contribution is 5.81. The molecule has 19 heavy (non-hydrogen) atoms. The standard InChI is InChI=1S/C14H26N4O/c1-4-5-6-8-15-14(19)13(3)17-12(2)11-18-10-7-9-16-18/h7,9-10,12-13,17H,4-6,8,11H2,1-3H3,(H,15,19). The summed E-state index contributed by atoms with van der Waals surface area (Å²) in [6, 6.07) is 1.93. The van der Waals surface area contributed by atoms with Gasteiger partial charge in [0, 0.05) is 25.0 Å². The lowest BCUT2D eigenvalue weighted by Gasteiger charge is -2.19. The molecule has 0 spiro atoms. The maximum atomic E-state index is 11.8. The number of rotatable bonds is 9. The molecule has 0 aliphatic heterocycles. The van der Waals surface area contributed by atoms with Crippen LogP contribution in [0.25, 0.3) is 0 Å². The fourth-order valence-corrected chi connectivity index (χ4v) is 1.98. The van der Waals surface area contributed by atoms with Crippen LogP contribution in [-0.4, -0.2) is 34.3 Å². The van der Waals surface area contributed by atoms with E-state index in [-0.39, 0.29) is 18.0 Å². The number of hydrogen-bond donors (Lipinski definition) is 2. The van der Waals surface area contributed by atoms with Gasteiger partial charge in [-0.05, 0) is 26.3 Å². The molecule has 0 aromatic carbocycles. The lowest BCUT2D eigenvalue weighted by Crippen LogP contribution is -2.47. The van der Waals surface area contributed by atoms with Crippen LogP contribution in [0, 0.1) is 0 Å². The Bertz CT molecular complexity index is 350. The quantitative estimate of drug-likeness (QED) is 0.667. The first-order valence-corrected chi connectivity index (χ1v) is 7.14. The maximum absolute atomic E-state index is 11.8. The van der Waals surface area contributed by atoms with Crippen LogP contribution in [0.2, 0.25) is 0 Å². The molecule has 1 aromatic heterocycles. The summed E-state index contributed by atoms with van der Waals surface area (Å²) in [4.78, 5) is 11.8. The number of carbonyl (C=O) groups excluding carboxylic acids is 1. The number of hydrogen-bond acceptors (Lipinski definition) is 3. The van der Waals surface area contributed by atoms with Crippen LogP contribution < -0.4 is 10.6 Å². The van der Waals surface area contributed by atoms with Gasteiger partial charge in [-0.3, -0.25) is 9.48 Å². The largest absolute Gasteiger partial charge is 0.355 e. The van der Waals surface area contributed by atoms with Crippen LogP contribution in [0.15, 0.2) is 18.5 Å². The Labute approximate surface area is 115 Å². The van der Waals surface area contributed by atoms with Crippen LogP contribution in [-0.2, 0) is 11.3 Å². The molecule has 1 rings (SSSR count). The van der Waals surface area contributed by atoms with E-state index in [1.807, 2.05) is 23.9 Å². The van der Waals surface area contributed by atoms with Crippen molar-refractivity contribution in [2.24, 2.45) is 0 Å². The highest BCUT2D eigenvalue weighted by atomic mass is 16.2. The molecule has 1 amide bonds. The Hall–Kier alpha value is -1.36. The smallest absolute Gasteiger partial charge is 0.236 e. The highest BCUT2D eigenvalue weighted by Gasteiger charge is 2.14. The van der Waals surface area contributed by atoms with E-state index in [2.05, 4.69) is 29.6 Å². The van der Waals surface area contributed by atoms with Crippen LogP contribution >= 0.6 is 0 Å². The number of unbranched alkanes of at least 4 members (excludes halogenated alkanes) is 2. The molecule has 1 aromatic rings. The first-order valence-electron chi connectivity index (χ1n) is 7.14. The first kappa shape index (κ1) is 15.7. The summed E-state index contributed by atoms with van der Waals surface area (Å²) in [6.07, 6.45) is 7.07. The molecular formula is C14H26N4O. The normalized spacial score (nSPS) is 14.1. The van der Waals surface area contributed by atoms with Gasteiger partial charge in [0.25, 0.3) is 0 Å². The average Bonchev–Trinajstić information content (AvgIpc) is 2.86. The molecule has 2 unspecified atom stereocenters. The van der Waals surface area contributed by atoms with E-state index in [9.17, 15) is 4.79 Å². The molecule has 0 bridgehead atoms. The third-order valence-electron chi connectivity index (χ3n) is 3.03. The van der Waals surface area contributed by atoms with Crippen molar-refractivity contribution in [3.63, 3.8) is 0 Å². The molecule has 0 aliphatic carbocycles. The lowest BCUT2D eigenvalue weighted by atomic mass is 10.2. The van der Waals surface area contributed by atoms with E-state index in [4.69, 9.17) is 0 Å². The van der Waals surface area contributed by atoms with Gasteiger partial charge in [-0.1, -0.05) is 19.8 Å². The molecule has 0 radical (unpaired) electrons. The van der Waals surface area contributed by atoms with Gasteiger partial charge in [0.1, 0.15) is 0 Å². The van der Waals surface area contributed by atoms with E-state index in [0.29, 0.717) is 0 Å². The molecule has 0 saturated heterocycles. The predicted molar refractivity (Wildman–Crippen MR) is 76.8 cm³/mol. The second kappa shape index (κ2) is 8.69. The zero-order chi connectivity index (χ0) is 14.1. The van der Waals surface area contributed by atoms with E-state index in [0.717, 1.165) is 25.9 Å². The van der Waals surface area contributed by atoms with Gasteiger partial charge < -0.3 is 10.6 Å². The van der Waals surface area contributed by atoms with Crippen LogP contribution in [0.3, 0.4) is 0 Å². The average molecular weight is 266 g/mol. The van der Waals surface area contributed by atoms with Crippen LogP contribution in [0.4, 0.5) is 0 Å². The van der Waals surface area contributed by atoms with Crippen molar-refractivity contribution in [2.45, 2.75) is 58.7 Å². The second-order valence-corrected chi connectivity index (χ2v) is 5.02. The van der Waals surface area contributed by atoms with Gasteiger partial charge in [0.05, 0.1) is 12.6 Å². The van der Waals surface area contributed by atoms with E-state index < -0.39 is 0 Å². The van der Waals surface area contributed by atoms with Gasteiger partial charge >= 0.3 is 0 Å². The number of nitrogens with zero attached hydrogens (tertiary/aromatic N) is 2. The Morgan fingerprint density at radius 3 is 2.79 bits per heavy atom. The third kappa shape index (κ3) is 6.38. The minimum atomic E-state index is -0.174. The summed E-state index contributed by atoms with van der Waals surface area (Å²) in [5.74, 6) is 0.0726. The first-order chi connectivity index (χ1) is 9.13. The van der Waals surface area contributed by atoms with Crippen molar-refractivity contribution in [2.75, 3.05) is 6.54 Å². The molecular weight excluding hydrogens is 240 g/mol. The van der Waals surface area contributed by atoms with Gasteiger partial charge in [0.2, 0.25) is 5.91 Å². The second-order valence-electron chi connectivity index (χ2n) is 5.02. The maximum Gasteiger partial charge on any atom is 0.236 e. The Kier molecular flexibility index (Phi) is 7.18. The topological polar surface area (TPSA) is 59.0 Å². The van der Waals surface area contributed by atoms with Gasteiger partial charge in [-0.15, -0.1) is 0 Å². The molecule has 108 valence electrons. The summed E-state index contributed by atoms with van der Waals surface area (Å²) in [6.45, 7) is 7.65. The zero-order valence-corrected chi connectivity index (χ0v) is 12.2. The van der Waals surface area contributed by atoms with E-state index in [1.54, 1.807) is 6.20 Å². The monoisotopic (exact) mass is 266 g/mol. The van der Waals surface area contributed by atoms with Crippen molar-refractivity contribution < 1.29 is 4.79 Å². The van der Waals surface area contributed by atoms with Gasteiger partial charge in [-0.25, -0.2) is 0 Å². The van der Waals surface area contributed by atoms with Gasteiger partial charge in [-0.2, -0.15) is 5.10 Å². The molecule has 2 atom stereocenters. The third-order valence-corrected chi connectivity index (χ3v) is 3.03. The molecule has 0 aliphatic rings. The molecule has 0 saturated carbocycles. The van der Waals surface area contributed by atoms with Crippen molar-refractivity contribution >= 4 is 5.91 Å². The number of amides is 1. The van der Waals surface area contributed by atoms with Crippen LogP contribution in [0.5, 0.6) is 0 Å². The SMILES string of the molecule is CCCCCNC(=O)C(C)NC(C)Cn1cccn1. The minimum Gasteiger partial charge on any atom is -0.355 e. The van der Waals surface area contributed by atoms with Crippen molar-refractivity contribution in [3.05, 3.63) is 18.5 Å². The fraction of sp³-hybridized carbons (Fsp3) is 0.714. The summed E-state index contributed by atoms with van der Waals surface area (Å²) >= 11 is 0. The fourth-order valence-electron chi connectivity index (χ4n) is 1.98. The Balaban J connectivity index is 2.21. The number of carbonyl (C=O) groups is 1. The van der Waals surface area contributed by atoms with E-state index in [1.165, 1.54) is 6.42 Å². The lowest BCUT2D eigenvalue weighted by molar-refractivity contribution is -0.122. The van der Waals surface area contributed by atoms with Crippen molar-refractivity contribution in [1.29, 1.82) is 0 Å². The molecule has 1 heterocycles. The molecule has 5 nitrogen and oxygen atoms in total. The molecule has 2 N–H and O–H groups in total. The zero-order valence-electron chi connectivity index (χ0n) is 12.2.